The van der Waals surface area contributed by atoms with Crippen LogP contribution in [0, 0.1) is 15.3 Å². The summed E-state index contributed by atoms with van der Waals surface area (Å²) in [5.41, 5.74) is 1.63. The van der Waals surface area contributed by atoms with Gasteiger partial charge in [0.15, 0.2) is 3.95 Å². The molecule has 1 heterocycles. The second-order valence-corrected chi connectivity index (χ2v) is 4.83. The van der Waals surface area contributed by atoms with Gasteiger partial charge in [-0.2, -0.15) is 5.26 Å². The van der Waals surface area contributed by atoms with Crippen molar-refractivity contribution >= 4 is 45.4 Å². The molecule has 0 saturated carbocycles. The topological polar surface area (TPSA) is 68.7 Å². The molecule has 1 amide bonds. The van der Waals surface area contributed by atoms with Gasteiger partial charge in [-0.3, -0.25) is 4.79 Å². The summed E-state index contributed by atoms with van der Waals surface area (Å²) in [6.07, 6.45) is -0.138. The molecule has 0 atom stereocenters. The number of H-pyrrole nitrogens is 1. The summed E-state index contributed by atoms with van der Waals surface area (Å²) < 4.78 is 1.69. The third kappa shape index (κ3) is 2.27. The maximum atomic E-state index is 11.2. The van der Waals surface area contributed by atoms with Crippen LogP contribution in [-0.2, 0) is 4.79 Å². The molecule has 6 heteroatoms. The molecule has 0 radical (unpaired) electrons. The van der Waals surface area contributed by atoms with E-state index in [-0.39, 0.29) is 12.3 Å². The fourth-order valence-corrected chi connectivity index (χ4v) is 2.46. The standard InChI is InChI=1S/C10H7N3OS2/c11-4-3-9(14)12-6-1-2-7-8(5-6)16-10(15)13-7/h1-2,5H,3H2,(H,12,14)(H,13,15). The number of carbonyl (C=O) groups is 1. The van der Waals surface area contributed by atoms with Crippen LogP contribution in [0.1, 0.15) is 6.42 Å². The number of aromatic amines is 1. The quantitative estimate of drug-likeness (QED) is 0.804. The Kier molecular flexibility index (Phi) is 2.99. The van der Waals surface area contributed by atoms with E-state index in [0.29, 0.717) is 9.64 Å². The maximum Gasteiger partial charge on any atom is 0.238 e. The predicted molar refractivity (Wildman–Crippen MR) is 65.9 cm³/mol. The Morgan fingerprint density at radius 2 is 2.44 bits per heavy atom. The van der Waals surface area contributed by atoms with Gasteiger partial charge in [0.05, 0.1) is 16.3 Å². The van der Waals surface area contributed by atoms with Crippen molar-refractivity contribution < 1.29 is 4.79 Å². The first-order valence-electron chi connectivity index (χ1n) is 4.49. The van der Waals surface area contributed by atoms with E-state index in [1.165, 1.54) is 11.3 Å². The number of nitrogens with one attached hydrogen (secondary N) is 2. The normalized spacial score (nSPS) is 9.94. The molecule has 0 spiro atoms. The Labute approximate surface area is 101 Å². The van der Waals surface area contributed by atoms with E-state index in [1.54, 1.807) is 12.1 Å². The molecular formula is C10H7N3OS2. The number of carbonyl (C=O) groups excluding carboxylic acids is 1. The summed E-state index contributed by atoms with van der Waals surface area (Å²) in [5, 5.41) is 11.0. The second kappa shape index (κ2) is 4.43. The van der Waals surface area contributed by atoms with Crippen LogP contribution in [0.25, 0.3) is 10.2 Å². The molecular weight excluding hydrogens is 242 g/mol. The van der Waals surface area contributed by atoms with Gasteiger partial charge in [0.1, 0.15) is 6.42 Å². The molecule has 16 heavy (non-hydrogen) atoms. The highest BCUT2D eigenvalue weighted by Crippen LogP contribution is 2.23. The van der Waals surface area contributed by atoms with Crippen LogP contribution < -0.4 is 5.32 Å². The third-order valence-electron chi connectivity index (χ3n) is 1.94. The van der Waals surface area contributed by atoms with E-state index >= 15 is 0 Å². The van der Waals surface area contributed by atoms with Crippen LogP contribution in [0.5, 0.6) is 0 Å². The average molecular weight is 249 g/mol. The molecule has 2 aromatic rings. The number of hydrogen-bond acceptors (Lipinski definition) is 4. The Balaban J connectivity index is 2.29. The van der Waals surface area contributed by atoms with Crippen molar-refractivity contribution in [1.29, 1.82) is 5.26 Å². The van der Waals surface area contributed by atoms with Gasteiger partial charge >= 0.3 is 0 Å². The number of nitriles is 1. The van der Waals surface area contributed by atoms with Gasteiger partial charge in [0.2, 0.25) is 5.91 Å². The second-order valence-electron chi connectivity index (χ2n) is 3.11. The van der Waals surface area contributed by atoms with E-state index < -0.39 is 0 Å². The largest absolute Gasteiger partial charge is 0.337 e. The fraction of sp³-hybridized carbons (Fsp3) is 0.100. The summed E-state index contributed by atoms with van der Waals surface area (Å²) in [7, 11) is 0. The van der Waals surface area contributed by atoms with Crippen LogP contribution in [0.15, 0.2) is 18.2 Å². The molecule has 0 aliphatic carbocycles. The lowest BCUT2D eigenvalue weighted by molar-refractivity contribution is -0.115. The van der Waals surface area contributed by atoms with Gasteiger partial charge in [-0.05, 0) is 30.4 Å². The van der Waals surface area contributed by atoms with Gasteiger partial charge < -0.3 is 10.3 Å². The highest BCUT2D eigenvalue weighted by Gasteiger charge is 2.03. The summed E-state index contributed by atoms with van der Waals surface area (Å²) in [4.78, 5) is 14.2. The lowest BCUT2D eigenvalue weighted by Gasteiger charge is -2.01. The van der Waals surface area contributed by atoms with Crippen molar-refractivity contribution in [3.63, 3.8) is 0 Å². The SMILES string of the molecule is N#CCC(=O)Nc1ccc2[nH]c(=S)sc2c1. The number of benzene rings is 1. The minimum atomic E-state index is -0.305. The average Bonchev–Trinajstić information content (AvgIpc) is 2.57. The van der Waals surface area contributed by atoms with Crippen molar-refractivity contribution in [2.24, 2.45) is 0 Å². The highest BCUT2D eigenvalue weighted by molar-refractivity contribution is 7.73. The maximum absolute atomic E-state index is 11.2. The zero-order chi connectivity index (χ0) is 11.5. The molecule has 0 fully saturated rings. The Bertz CT molecular complexity index is 635. The van der Waals surface area contributed by atoms with Crippen molar-refractivity contribution in [2.75, 3.05) is 5.32 Å². The van der Waals surface area contributed by atoms with Crippen LogP contribution >= 0.6 is 23.6 Å². The molecule has 0 aliphatic heterocycles. The van der Waals surface area contributed by atoms with E-state index in [4.69, 9.17) is 17.5 Å². The number of hydrogen-bond donors (Lipinski definition) is 2. The molecule has 4 nitrogen and oxygen atoms in total. The minimum absolute atomic E-state index is 0.138. The van der Waals surface area contributed by atoms with Crippen molar-refractivity contribution in [1.82, 2.24) is 4.98 Å². The van der Waals surface area contributed by atoms with Gasteiger partial charge in [0.25, 0.3) is 0 Å². The Morgan fingerprint density at radius 3 is 3.19 bits per heavy atom. The lowest BCUT2D eigenvalue weighted by atomic mass is 10.3. The van der Waals surface area contributed by atoms with Gasteiger partial charge in [-0.25, -0.2) is 0 Å². The number of thiazole rings is 1. The summed E-state index contributed by atoms with van der Waals surface area (Å²) in [6, 6.07) is 7.26. The van der Waals surface area contributed by atoms with Gasteiger partial charge in [-0.15, -0.1) is 11.3 Å². The Morgan fingerprint density at radius 1 is 1.62 bits per heavy atom. The smallest absolute Gasteiger partial charge is 0.238 e. The summed E-state index contributed by atoms with van der Waals surface area (Å²) >= 11 is 6.47. The van der Waals surface area contributed by atoms with Crippen molar-refractivity contribution in [3.8, 4) is 6.07 Å². The van der Waals surface area contributed by atoms with Crippen LogP contribution in [-0.4, -0.2) is 10.9 Å². The van der Waals surface area contributed by atoms with Gasteiger partial charge in [-0.1, -0.05) is 0 Å². The molecule has 80 valence electrons. The molecule has 1 aromatic carbocycles. The Hall–Kier alpha value is -1.71. The number of nitrogens with zero attached hydrogens (tertiary/aromatic N) is 1. The summed E-state index contributed by atoms with van der Waals surface area (Å²) in [6.45, 7) is 0. The number of rotatable bonds is 2. The summed E-state index contributed by atoms with van der Waals surface area (Å²) in [5.74, 6) is -0.305. The fourth-order valence-electron chi connectivity index (χ4n) is 1.30. The number of anilines is 1. The van der Waals surface area contributed by atoms with Gasteiger partial charge in [0, 0.05) is 5.69 Å². The first-order valence-corrected chi connectivity index (χ1v) is 5.71. The number of fused-ring (bicyclic) bond motifs is 1. The predicted octanol–water partition coefficient (Wildman–Crippen LogP) is 2.81. The molecule has 2 rings (SSSR count). The number of aromatic nitrogens is 1. The van der Waals surface area contributed by atoms with E-state index in [0.717, 1.165) is 10.2 Å². The van der Waals surface area contributed by atoms with E-state index in [2.05, 4.69) is 10.3 Å². The molecule has 0 bridgehead atoms. The highest BCUT2D eigenvalue weighted by atomic mass is 32.1. The monoisotopic (exact) mass is 249 g/mol. The van der Waals surface area contributed by atoms with E-state index in [1.807, 2.05) is 12.1 Å². The first kappa shape index (κ1) is 10.8. The first-order chi connectivity index (χ1) is 7.69. The van der Waals surface area contributed by atoms with Crippen molar-refractivity contribution in [3.05, 3.63) is 22.2 Å². The molecule has 1 aromatic heterocycles. The van der Waals surface area contributed by atoms with Crippen LogP contribution in [0.4, 0.5) is 5.69 Å². The van der Waals surface area contributed by atoms with E-state index in [9.17, 15) is 4.79 Å². The number of amides is 1. The third-order valence-corrected chi connectivity index (χ3v) is 3.14. The van der Waals surface area contributed by atoms with Crippen LogP contribution in [0.3, 0.4) is 0 Å². The molecule has 0 unspecified atom stereocenters. The van der Waals surface area contributed by atoms with Crippen molar-refractivity contribution in [2.45, 2.75) is 6.42 Å². The zero-order valence-electron chi connectivity index (χ0n) is 8.11. The molecule has 0 saturated heterocycles. The lowest BCUT2D eigenvalue weighted by Crippen LogP contribution is -2.09. The minimum Gasteiger partial charge on any atom is -0.337 e. The molecule has 2 N–H and O–H groups in total. The zero-order valence-corrected chi connectivity index (χ0v) is 9.74. The molecule has 0 aliphatic rings. The van der Waals surface area contributed by atoms with Crippen LogP contribution in [0.2, 0.25) is 0 Å².